The number of benzene rings is 2. The minimum absolute atomic E-state index is 0.0512. The number of carbonyl (C=O) groups is 1. The van der Waals surface area contributed by atoms with Gasteiger partial charge in [0.25, 0.3) is 5.56 Å². The lowest BCUT2D eigenvalue weighted by molar-refractivity contribution is -0.136. The minimum atomic E-state index is -0.335. The third-order valence-corrected chi connectivity index (χ3v) is 5.36. The molecule has 2 aromatic carbocycles. The summed E-state index contributed by atoms with van der Waals surface area (Å²) >= 11 is 0. The molecule has 0 aliphatic heterocycles. The van der Waals surface area contributed by atoms with E-state index in [1.165, 1.54) is 5.56 Å². The number of carbonyl (C=O) groups excluding carboxylic acids is 1. The van der Waals surface area contributed by atoms with E-state index in [-0.39, 0.29) is 23.4 Å². The van der Waals surface area contributed by atoms with E-state index in [0.717, 1.165) is 12.1 Å². The highest BCUT2D eigenvalue weighted by Crippen LogP contribution is 2.24. The zero-order valence-corrected chi connectivity index (χ0v) is 17.8. The van der Waals surface area contributed by atoms with Gasteiger partial charge in [-0.3, -0.25) is 14.2 Å². The number of hydrogen-bond acceptors (Lipinski definition) is 3. The van der Waals surface area contributed by atoms with Crippen LogP contribution in [0, 0.1) is 5.92 Å². The van der Waals surface area contributed by atoms with E-state index >= 15 is 0 Å². The molecule has 152 valence electrons. The Bertz CT molecular complexity index is 1070. The maximum Gasteiger partial charge on any atom is 0.266 e. The summed E-state index contributed by atoms with van der Waals surface area (Å²) in [5.74, 6) is 0.506. The Kier molecular flexibility index (Phi) is 6.16. The summed E-state index contributed by atoms with van der Waals surface area (Å²) in [6, 6.07) is 15.0. The SMILES string of the molecule is CCc1ccc(-n2c(C(C)N(CC)C(=O)C(C)C)nc3ccccc3c2=O)cc1. The van der Waals surface area contributed by atoms with E-state index < -0.39 is 0 Å². The van der Waals surface area contributed by atoms with Crippen molar-refractivity contribution in [2.45, 2.75) is 47.1 Å². The highest BCUT2D eigenvalue weighted by Gasteiger charge is 2.27. The molecule has 0 aliphatic rings. The molecule has 5 nitrogen and oxygen atoms in total. The monoisotopic (exact) mass is 391 g/mol. The number of nitrogens with zero attached hydrogens (tertiary/aromatic N) is 3. The van der Waals surface area contributed by atoms with Crippen LogP contribution in [-0.2, 0) is 11.2 Å². The smallest absolute Gasteiger partial charge is 0.266 e. The Labute approximate surface area is 172 Å². The predicted octanol–water partition coefficient (Wildman–Crippen LogP) is 4.51. The molecule has 1 unspecified atom stereocenters. The van der Waals surface area contributed by atoms with Gasteiger partial charge in [-0.25, -0.2) is 4.98 Å². The Balaban J connectivity index is 2.26. The molecule has 0 fully saturated rings. The van der Waals surface area contributed by atoms with Crippen molar-refractivity contribution in [1.82, 2.24) is 14.5 Å². The minimum Gasteiger partial charge on any atom is -0.333 e. The van der Waals surface area contributed by atoms with Gasteiger partial charge < -0.3 is 4.90 Å². The Morgan fingerprint density at radius 2 is 1.69 bits per heavy atom. The fraction of sp³-hybridized carbons (Fsp3) is 0.375. The van der Waals surface area contributed by atoms with Gasteiger partial charge in [0.1, 0.15) is 5.82 Å². The number of fused-ring (bicyclic) bond motifs is 1. The molecule has 0 radical (unpaired) electrons. The van der Waals surface area contributed by atoms with Crippen LogP contribution in [0.4, 0.5) is 0 Å². The number of rotatable bonds is 6. The van der Waals surface area contributed by atoms with Gasteiger partial charge in [0.15, 0.2) is 0 Å². The Hall–Kier alpha value is -2.95. The largest absolute Gasteiger partial charge is 0.333 e. The second-order valence-corrected chi connectivity index (χ2v) is 7.60. The molecule has 0 bridgehead atoms. The average molecular weight is 392 g/mol. The Morgan fingerprint density at radius 3 is 2.28 bits per heavy atom. The molecule has 0 N–H and O–H groups in total. The highest BCUT2D eigenvalue weighted by molar-refractivity contribution is 5.79. The summed E-state index contributed by atoms with van der Waals surface area (Å²) in [7, 11) is 0. The quantitative estimate of drug-likeness (QED) is 0.621. The molecule has 1 heterocycles. The van der Waals surface area contributed by atoms with Crippen LogP contribution in [0.15, 0.2) is 53.3 Å². The van der Waals surface area contributed by atoms with Crippen molar-refractivity contribution in [2.75, 3.05) is 6.54 Å². The lowest BCUT2D eigenvalue weighted by atomic mass is 10.1. The second-order valence-electron chi connectivity index (χ2n) is 7.60. The van der Waals surface area contributed by atoms with Gasteiger partial charge in [-0.1, -0.05) is 45.0 Å². The molecule has 29 heavy (non-hydrogen) atoms. The van der Waals surface area contributed by atoms with Gasteiger partial charge in [-0.2, -0.15) is 0 Å². The van der Waals surface area contributed by atoms with Crippen LogP contribution in [-0.4, -0.2) is 26.9 Å². The van der Waals surface area contributed by atoms with Gasteiger partial charge >= 0.3 is 0 Å². The zero-order valence-electron chi connectivity index (χ0n) is 17.8. The van der Waals surface area contributed by atoms with Crippen molar-refractivity contribution >= 4 is 16.8 Å². The van der Waals surface area contributed by atoms with Gasteiger partial charge in [0, 0.05) is 12.5 Å². The molecule has 0 spiro atoms. The summed E-state index contributed by atoms with van der Waals surface area (Å²) in [6.07, 6.45) is 0.931. The summed E-state index contributed by atoms with van der Waals surface area (Å²) in [5.41, 5.74) is 2.50. The first kappa shape index (κ1) is 20.8. The van der Waals surface area contributed by atoms with Crippen molar-refractivity contribution in [3.63, 3.8) is 0 Å². The second kappa shape index (κ2) is 8.60. The van der Waals surface area contributed by atoms with Crippen LogP contribution < -0.4 is 5.56 Å². The molecule has 3 rings (SSSR count). The summed E-state index contributed by atoms with van der Waals surface area (Å²) in [5, 5.41) is 0.571. The molecule has 1 amide bonds. The van der Waals surface area contributed by atoms with Gasteiger partial charge in [-0.15, -0.1) is 0 Å². The van der Waals surface area contributed by atoms with Crippen LogP contribution in [0.5, 0.6) is 0 Å². The van der Waals surface area contributed by atoms with Crippen LogP contribution in [0.25, 0.3) is 16.6 Å². The Morgan fingerprint density at radius 1 is 1.03 bits per heavy atom. The fourth-order valence-corrected chi connectivity index (χ4v) is 3.65. The van der Waals surface area contributed by atoms with E-state index in [4.69, 9.17) is 4.98 Å². The molecule has 3 aromatic rings. The molecule has 0 saturated carbocycles. The lowest BCUT2D eigenvalue weighted by Crippen LogP contribution is -2.39. The summed E-state index contributed by atoms with van der Waals surface area (Å²) in [6.45, 7) is 10.3. The van der Waals surface area contributed by atoms with E-state index in [2.05, 4.69) is 6.92 Å². The van der Waals surface area contributed by atoms with E-state index in [1.54, 1.807) is 15.5 Å². The normalized spacial score (nSPS) is 12.3. The number of aryl methyl sites for hydroxylation is 1. The number of aromatic nitrogens is 2. The summed E-state index contributed by atoms with van der Waals surface area (Å²) in [4.78, 5) is 32.8. The maximum absolute atomic E-state index is 13.4. The molecular formula is C24H29N3O2. The van der Waals surface area contributed by atoms with Crippen molar-refractivity contribution in [3.05, 3.63) is 70.3 Å². The molecule has 5 heteroatoms. The molecule has 0 aliphatic carbocycles. The van der Waals surface area contributed by atoms with Gasteiger partial charge in [-0.05, 0) is 50.1 Å². The number of amides is 1. The first-order chi connectivity index (χ1) is 13.9. The summed E-state index contributed by atoms with van der Waals surface area (Å²) < 4.78 is 1.66. The first-order valence-corrected chi connectivity index (χ1v) is 10.3. The first-order valence-electron chi connectivity index (χ1n) is 10.3. The van der Waals surface area contributed by atoms with Gasteiger partial charge in [0.2, 0.25) is 5.91 Å². The predicted molar refractivity (Wildman–Crippen MR) is 117 cm³/mol. The van der Waals surface area contributed by atoms with Crippen LogP contribution in [0.3, 0.4) is 0 Å². The highest BCUT2D eigenvalue weighted by atomic mass is 16.2. The third-order valence-electron chi connectivity index (χ3n) is 5.36. The maximum atomic E-state index is 13.4. The average Bonchev–Trinajstić information content (AvgIpc) is 2.74. The molecule has 1 aromatic heterocycles. The van der Waals surface area contributed by atoms with Crippen LogP contribution in [0.2, 0.25) is 0 Å². The number of hydrogen-bond donors (Lipinski definition) is 0. The molecule has 0 saturated heterocycles. The van der Waals surface area contributed by atoms with E-state index in [0.29, 0.717) is 23.3 Å². The van der Waals surface area contributed by atoms with Crippen molar-refractivity contribution < 1.29 is 4.79 Å². The third kappa shape index (κ3) is 3.95. The lowest BCUT2D eigenvalue weighted by Gasteiger charge is -2.30. The van der Waals surface area contributed by atoms with Crippen molar-refractivity contribution in [2.24, 2.45) is 5.92 Å². The van der Waals surface area contributed by atoms with Crippen molar-refractivity contribution in [3.8, 4) is 5.69 Å². The fourth-order valence-electron chi connectivity index (χ4n) is 3.65. The zero-order chi connectivity index (χ0) is 21.1. The standard InChI is InChI=1S/C24H29N3O2/c1-6-18-12-14-19(15-13-18)27-22(17(5)26(7-2)23(28)16(3)4)25-21-11-9-8-10-20(21)24(27)29/h8-17H,6-7H2,1-5H3. The van der Waals surface area contributed by atoms with Crippen molar-refractivity contribution in [1.29, 1.82) is 0 Å². The van der Waals surface area contributed by atoms with E-state index in [1.807, 2.05) is 70.2 Å². The topological polar surface area (TPSA) is 55.2 Å². The molecular weight excluding hydrogens is 362 g/mol. The van der Waals surface area contributed by atoms with Crippen LogP contribution >= 0.6 is 0 Å². The van der Waals surface area contributed by atoms with E-state index in [9.17, 15) is 9.59 Å². The number of para-hydroxylation sites is 1. The van der Waals surface area contributed by atoms with Crippen LogP contribution in [0.1, 0.15) is 52.0 Å². The molecule has 1 atom stereocenters. The van der Waals surface area contributed by atoms with Gasteiger partial charge in [0.05, 0.1) is 22.6 Å².